The Morgan fingerprint density at radius 2 is 1.48 bits per heavy atom. The van der Waals surface area contributed by atoms with E-state index in [0.717, 1.165) is 17.5 Å². The number of hydrogen-bond acceptors (Lipinski definition) is 3. The van der Waals surface area contributed by atoms with E-state index >= 15 is 0 Å². The van der Waals surface area contributed by atoms with Crippen molar-refractivity contribution in [1.29, 1.82) is 0 Å². The van der Waals surface area contributed by atoms with Gasteiger partial charge in [-0.1, -0.05) is 45.0 Å². The molecule has 1 rings (SSSR count). The average Bonchev–Trinajstić information content (AvgIpc) is 2.24. The molecule has 0 spiro atoms. The molecule has 4 nitrogen and oxygen atoms in total. The second-order valence-electron chi connectivity index (χ2n) is 7.50. The molecule has 1 aromatic carbocycles. The van der Waals surface area contributed by atoms with Gasteiger partial charge in [0.2, 0.25) is 10.0 Å². The van der Waals surface area contributed by atoms with E-state index in [-0.39, 0.29) is 11.2 Å². The molecule has 0 bridgehead atoms. The van der Waals surface area contributed by atoms with Crippen LogP contribution >= 0.6 is 0 Å². The summed E-state index contributed by atoms with van der Waals surface area (Å²) >= 11 is 0. The van der Waals surface area contributed by atoms with Crippen LogP contribution in [0.1, 0.15) is 52.2 Å². The van der Waals surface area contributed by atoms with Gasteiger partial charge in [0.05, 0.1) is 5.75 Å². The summed E-state index contributed by atoms with van der Waals surface area (Å²) in [6.07, 6.45) is 0.769. The van der Waals surface area contributed by atoms with Crippen LogP contribution in [0.2, 0.25) is 0 Å². The summed E-state index contributed by atoms with van der Waals surface area (Å²) in [5.41, 5.74) is 6.91. The van der Waals surface area contributed by atoms with Crippen molar-refractivity contribution in [3.05, 3.63) is 35.4 Å². The van der Waals surface area contributed by atoms with E-state index in [1.165, 1.54) is 0 Å². The molecule has 0 heterocycles. The Bertz CT molecular complexity index is 555. The molecule has 0 fully saturated rings. The van der Waals surface area contributed by atoms with Gasteiger partial charge in [-0.3, -0.25) is 0 Å². The maximum atomic E-state index is 12.3. The highest BCUT2D eigenvalue weighted by molar-refractivity contribution is 7.88. The molecule has 3 N–H and O–H groups in total. The van der Waals surface area contributed by atoms with Gasteiger partial charge in [-0.15, -0.1) is 0 Å². The number of benzene rings is 1. The Balaban J connectivity index is 2.77. The minimum absolute atomic E-state index is 0.00851. The summed E-state index contributed by atoms with van der Waals surface area (Å²) < 4.78 is 27.5. The Kier molecular flexibility index (Phi) is 5.58. The van der Waals surface area contributed by atoms with E-state index in [9.17, 15) is 8.42 Å². The van der Waals surface area contributed by atoms with Gasteiger partial charge >= 0.3 is 0 Å². The number of hydrogen-bond donors (Lipinski definition) is 2. The maximum Gasteiger partial charge on any atom is 0.216 e. The van der Waals surface area contributed by atoms with E-state index in [0.29, 0.717) is 6.54 Å². The normalized spacial score (nSPS) is 13.4. The SMILES string of the molecule is CC(C)(C)CC(C)(C)NS(=O)(=O)Cc1ccc(CN)cc1. The first-order chi connectivity index (χ1) is 9.42. The number of sulfonamides is 1. The van der Waals surface area contributed by atoms with E-state index in [1.807, 2.05) is 38.1 Å². The van der Waals surface area contributed by atoms with Crippen LogP contribution < -0.4 is 10.5 Å². The zero-order valence-electron chi connectivity index (χ0n) is 13.7. The summed E-state index contributed by atoms with van der Waals surface area (Å²) in [6.45, 7) is 10.6. The van der Waals surface area contributed by atoms with Gasteiger partial charge in [-0.25, -0.2) is 13.1 Å². The predicted octanol–water partition coefficient (Wildman–Crippen LogP) is 2.78. The highest BCUT2D eigenvalue weighted by atomic mass is 32.2. The lowest BCUT2D eigenvalue weighted by Gasteiger charge is -2.33. The average molecular weight is 312 g/mol. The van der Waals surface area contributed by atoms with Gasteiger partial charge in [0.25, 0.3) is 0 Å². The minimum atomic E-state index is -3.37. The number of nitrogens with one attached hydrogen (secondary N) is 1. The molecule has 0 radical (unpaired) electrons. The molecular formula is C16H28N2O2S. The van der Waals surface area contributed by atoms with Crippen LogP contribution in [0.4, 0.5) is 0 Å². The zero-order chi connectivity index (χ0) is 16.3. The molecule has 0 aromatic heterocycles. The molecule has 0 saturated heterocycles. The van der Waals surface area contributed by atoms with Crippen LogP contribution in [-0.4, -0.2) is 14.0 Å². The Hall–Kier alpha value is -0.910. The molecule has 21 heavy (non-hydrogen) atoms. The smallest absolute Gasteiger partial charge is 0.216 e. The van der Waals surface area contributed by atoms with Gasteiger partial charge < -0.3 is 5.73 Å². The molecule has 0 atom stereocenters. The van der Waals surface area contributed by atoms with Crippen molar-refractivity contribution in [1.82, 2.24) is 4.72 Å². The Morgan fingerprint density at radius 1 is 1.00 bits per heavy atom. The first kappa shape index (κ1) is 18.1. The van der Waals surface area contributed by atoms with Gasteiger partial charge in [0, 0.05) is 12.1 Å². The second kappa shape index (κ2) is 6.46. The first-order valence-electron chi connectivity index (χ1n) is 7.22. The number of rotatable bonds is 6. The molecular weight excluding hydrogens is 284 g/mol. The van der Waals surface area contributed by atoms with Gasteiger partial charge in [-0.05, 0) is 36.8 Å². The highest BCUT2D eigenvalue weighted by Crippen LogP contribution is 2.27. The molecule has 0 unspecified atom stereocenters. The van der Waals surface area contributed by atoms with Crippen molar-refractivity contribution >= 4 is 10.0 Å². The lowest BCUT2D eigenvalue weighted by atomic mass is 9.82. The summed E-state index contributed by atoms with van der Waals surface area (Å²) in [5, 5.41) is 0. The van der Waals surface area contributed by atoms with Gasteiger partial charge in [0.1, 0.15) is 0 Å². The van der Waals surface area contributed by atoms with Crippen LogP contribution in [0.25, 0.3) is 0 Å². The van der Waals surface area contributed by atoms with Crippen LogP contribution in [0.15, 0.2) is 24.3 Å². The van der Waals surface area contributed by atoms with E-state index in [1.54, 1.807) is 0 Å². The molecule has 1 aromatic rings. The molecule has 120 valence electrons. The summed E-state index contributed by atoms with van der Waals surface area (Å²) in [4.78, 5) is 0. The molecule has 5 heteroatoms. The van der Waals surface area contributed by atoms with Crippen molar-refractivity contribution in [3.8, 4) is 0 Å². The van der Waals surface area contributed by atoms with E-state index in [2.05, 4.69) is 25.5 Å². The molecule has 0 aliphatic carbocycles. The molecule has 0 aliphatic rings. The largest absolute Gasteiger partial charge is 0.326 e. The maximum absolute atomic E-state index is 12.3. The van der Waals surface area contributed by atoms with Crippen LogP contribution in [0, 0.1) is 5.41 Å². The molecule has 0 aliphatic heterocycles. The quantitative estimate of drug-likeness (QED) is 0.848. The fourth-order valence-electron chi connectivity index (χ4n) is 2.81. The van der Waals surface area contributed by atoms with Gasteiger partial charge in [0.15, 0.2) is 0 Å². The predicted molar refractivity (Wildman–Crippen MR) is 88.2 cm³/mol. The van der Waals surface area contributed by atoms with Crippen molar-refractivity contribution in [2.75, 3.05) is 0 Å². The van der Waals surface area contributed by atoms with Crippen molar-refractivity contribution in [3.63, 3.8) is 0 Å². The third kappa shape index (κ3) is 7.07. The third-order valence-electron chi connectivity index (χ3n) is 3.02. The molecule has 0 saturated carbocycles. The zero-order valence-corrected chi connectivity index (χ0v) is 14.5. The summed E-state index contributed by atoms with van der Waals surface area (Å²) in [7, 11) is -3.37. The Morgan fingerprint density at radius 3 is 1.90 bits per heavy atom. The van der Waals surface area contributed by atoms with E-state index < -0.39 is 15.6 Å². The minimum Gasteiger partial charge on any atom is -0.326 e. The lowest BCUT2D eigenvalue weighted by Crippen LogP contribution is -2.46. The van der Waals surface area contributed by atoms with Crippen molar-refractivity contribution in [2.24, 2.45) is 11.1 Å². The van der Waals surface area contributed by atoms with Crippen LogP contribution in [-0.2, 0) is 22.3 Å². The fraction of sp³-hybridized carbons (Fsp3) is 0.625. The van der Waals surface area contributed by atoms with Crippen LogP contribution in [0.5, 0.6) is 0 Å². The molecule has 0 amide bonds. The van der Waals surface area contributed by atoms with Crippen LogP contribution in [0.3, 0.4) is 0 Å². The Labute approximate surface area is 129 Å². The van der Waals surface area contributed by atoms with E-state index in [4.69, 9.17) is 5.73 Å². The first-order valence-corrected chi connectivity index (χ1v) is 8.87. The second-order valence-corrected chi connectivity index (χ2v) is 9.23. The fourth-order valence-corrected chi connectivity index (χ4v) is 4.43. The van der Waals surface area contributed by atoms with Crippen molar-refractivity contribution in [2.45, 2.75) is 58.9 Å². The summed E-state index contributed by atoms with van der Waals surface area (Å²) in [5.74, 6) is -0.00851. The lowest BCUT2D eigenvalue weighted by molar-refractivity contribution is 0.269. The summed E-state index contributed by atoms with van der Waals surface area (Å²) in [6, 6.07) is 7.37. The highest BCUT2D eigenvalue weighted by Gasteiger charge is 2.29. The number of nitrogens with two attached hydrogens (primary N) is 1. The van der Waals surface area contributed by atoms with Crippen molar-refractivity contribution < 1.29 is 8.42 Å². The third-order valence-corrected chi connectivity index (χ3v) is 4.60. The monoisotopic (exact) mass is 312 g/mol. The van der Waals surface area contributed by atoms with Gasteiger partial charge in [-0.2, -0.15) is 0 Å². The standard InChI is InChI=1S/C16H28N2O2S/c1-15(2,3)12-16(4,5)18-21(19,20)11-14-8-6-13(10-17)7-9-14/h6-9,18H,10-12,17H2,1-5H3. The topological polar surface area (TPSA) is 72.2 Å².